The Morgan fingerprint density at radius 3 is 2.64 bits per heavy atom. The summed E-state index contributed by atoms with van der Waals surface area (Å²) < 4.78 is 9.86. The number of hydrogen-bond donors (Lipinski definition) is 1. The second-order valence-corrected chi connectivity index (χ2v) is 5.39. The Kier molecular flexibility index (Phi) is 7.90. The van der Waals surface area contributed by atoms with Gasteiger partial charge in [0.1, 0.15) is 5.71 Å². The van der Waals surface area contributed by atoms with Gasteiger partial charge in [-0.25, -0.2) is 4.79 Å². The van der Waals surface area contributed by atoms with Gasteiger partial charge in [-0.15, -0.1) is 0 Å². The lowest BCUT2D eigenvalue weighted by atomic mass is 10.1. The molecule has 0 unspecified atom stereocenters. The number of ether oxygens (including phenoxy) is 2. The third-order valence-electron chi connectivity index (χ3n) is 2.71. The van der Waals surface area contributed by atoms with E-state index in [1.54, 1.807) is 18.2 Å². The average molecular weight is 392 g/mol. The number of benzene rings is 1. The van der Waals surface area contributed by atoms with Crippen molar-refractivity contribution in [3.05, 3.63) is 27.7 Å². The lowest BCUT2D eigenvalue weighted by molar-refractivity contribution is -0.140. The van der Waals surface area contributed by atoms with Crippen LogP contribution >= 0.6 is 27.5 Å². The molecule has 1 aromatic rings. The summed E-state index contributed by atoms with van der Waals surface area (Å²) in [6.07, 6.45) is 0.916. The molecule has 0 aliphatic rings. The van der Waals surface area contributed by atoms with Crippen molar-refractivity contribution in [1.29, 1.82) is 0 Å². The summed E-state index contributed by atoms with van der Waals surface area (Å²) in [4.78, 5) is 22.8. The first-order valence-electron chi connectivity index (χ1n) is 6.41. The number of anilines is 1. The standard InChI is InChI=1S/C14H16BrClN2O4/c1-21-12(19)8-4-7-11(14(20)22-2)18-17-10-6-3-5-9(16)13(10)15/h3,5-6,17H,4,7-8H2,1-2H3. The molecule has 0 heterocycles. The van der Waals surface area contributed by atoms with Gasteiger partial charge in [0.25, 0.3) is 0 Å². The zero-order valence-corrected chi connectivity index (χ0v) is 14.5. The normalized spacial score (nSPS) is 11.0. The average Bonchev–Trinajstić information content (AvgIpc) is 2.53. The summed E-state index contributed by atoms with van der Waals surface area (Å²) in [5.74, 6) is -0.898. The molecule has 6 nitrogen and oxygen atoms in total. The van der Waals surface area contributed by atoms with Gasteiger partial charge in [0.2, 0.25) is 0 Å². The van der Waals surface area contributed by atoms with Gasteiger partial charge in [0.15, 0.2) is 0 Å². The van der Waals surface area contributed by atoms with Crippen molar-refractivity contribution in [2.45, 2.75) is 19.3 Å². The van der Waals surface area contributed by atoms with Gasteiger partial charge >= 0.3 is 11.9 Å². The quantitative estimate of drug-likeness (QED) is 0.438. The summed E-state index contributed by atoms with van der Waals surface area (Å²) in [7, 11) is 2.59. The predicted octanol–water partition coefficient (Wildman–Crippen LogP) is 3.39. The van der Waals surface area contributed by atoms with Gasteiger partial charge in [-0.1, -0.05) is 17.7 Å². The Labute approximate surface area is 141 Å². The van der Waals surface area contributed by atoms with Crippen molar-refractivity contribution in [3.8, 4) is 0 Å². The van der Waals surface area contributed by atoms with Crippen LogP contribution in [-0.4, -0.2) is 31.9 Å². The van der Waals surface area contributed by atoms with Crippen LogP contribution in [0.4, 0.5) is 5.69 Å². The summed E-state index contributed by atoms with van der Waals surface area (Å²) >= 11 is 9.30. The first-order chi connectivity index (χ1) is 10.5. The Morgan fingerprint density at radius 2 is 2.00 bits per heavy atom. The third-order valence-corrected chi connectivity index (χ3v) is 4.10. The molecule has 1 N–H and O–H groups in total. The molecule has 0 atom stereocenters. The zero-order valence-electron chi connectivity index (χ0n) is 12.2. The Morgan fingerprint density at radius 1 is 1.27 bits per heavy atom. The molecule has 0 bridgehead atoms. The maximum atomic E-state index is 11.7. The Hall–Kier alpha value is -1.60. The number of carbonyl (C=O) groups excluding carboxylic acids is 2. The minimum Gasteiger partial charge on any atom is -0.469 e. The van der Waals surface area contributed by atoms with Gasteiger partial charge in [0, 0.05) is 6.42 Å². The number of carbonyl (C=O) groups is 2. The molecule has 0 aliphatic heterocycles. The van der Waals surface area contributed by atoms with E-state index in [0.717, 1.165) is 0 Å². The molecule has 0 radical (unpaired) electrons. The van der Waals surface area contributed by atoms with Crippen molar-refractivity contribution >= 4 is 50.9 Å². The van der Waals surface area contributed by atoms with E-state index in [1.807, 2.05) is 0 Å². The number of hydrazone groups is 1. The summed E-state index contributed by atoms with van der Waals surface area (Å²) in [5, 5.41) is 4.56. The van der Waals surface area contributed by atoms with E-state index in [4.69, 9.17) is 11.6 Å². The van der Waals surface area contributed by atoms with Crippen LogP contribution in [0, 0.1) is 0 Å². The van der Waals surface area contributed by atoms with Crippen molar-refractivity contribution in [2.75, 3.05) is 19.6 Å². The third kappa shape index (κ3) is 5.65. The first-order valence-corrected chi connectivity index (χ1v) is 7.58. The van der Waals surface area contributed by atoms with E-state index in [2.05, 4.69) is 35.9 Å². The number of hydrogen-bond acceptors (Lipinski definition) is 6. The number of halogens is 2. The van der Waals surface area contributed by atoms with Crippen LogP contribution in [-0.2, 0) is 19.1 Å². The highest BCUT2D eigenvalue weighted by Crippen LogP contribution is 2.30. The molecular weight excluding hydrogens is 376 g/mol. The van der Waals surface area contributed by atoms with Crippen molar-refractivity contribution < 1.29 is 19.1 Å². The number of nitrogens with zero attached hydrogens (tertiary/aromatic N) is 1. The second kappa shape index (κ2) is 9.42. The fourth-order valence-corrected chi connectivity index (χ4v) is 2.07. The largest absolute Gasteiger partial charge is 0.469 e. The van der Waals surface area contributed by atoms with Gasteiger partial charge in [-0.3, -0.25) is 10.2 Å². The van der Waals surface area contributed by atoms with E-state index in [9.17, 15) is 9.59 Å². The molecule has 0 aromatic heterocycles. The number of rotatable bonds is 7. The highest BCUT2D eigenvalue weighted by Gasteiger charge is 2.13. The number of nitrogens with one attached hydrogen (secondary N) is 1. The van der Waals surface area contributed by atoms with Gasteiger partial charge in [-0.2, -0.15) is 5.10 Å². The molecule has 0 aliphatic carbocycles. The summed E-state index contributed by atoms with van der Waals surface area (Å²) in [5.41, 5.74) is 3.55. The smallest absolute Gasteiger partial charge is 0.354 e. The summed E-state index contributed by atoms with van der Waals surface area (Å²) in [6, 6.07) is 5.22. The van der Waals surface area contributed by atoms with E-state index >= 15 is 0 Å². The molecule has 22 heavy (non-hydrogen) atoms. The molecule has 0 fully saturated rings. The van der Waals surface area contributed by atoms with E-state index < -0.39 is 5.97 Å². The molecule has 120 valence electrons. The van der Waals surface area contributed by atoms with Gasteiger partial charge in [0.05, 0.1) is 29.4 Å². The SMILES string of the molecule is COC(=O)CCCC(=NNc1cccc(Cl)c1Br)C(=O)OC. The fourth-order valence-electron chi connectivity index (χ4n) is 1.54. The lowest BCUT2D eigenvalue weighted by Crippen LogP contribution is -2.18. The van der Waals surface area contributed by atoms with Crippen LogP contribution < -0.4 is 5.43 Å². The predicted molar refractivity (Wildman–Crippen MR) is 88.1 cm³/mol. The Bertz CT molecular complexity index is 578. The fraction of sp³-hybridized carbons (Fsp3) is 0.357. The lowest BCUT2D eigenvalue weighted by Gasteiger charge is -2.08. The van der Waals surface area contributed by atoms with Crippen LogP contribution in [0.15, 0.2) is 27.8 Å². The van der Waals surface area contributed by atoms with Crippen molar-refractivity contribution in [3.63, 3.8) is 0 Å². The van der Waals surface area contributed by atoms with Crippen LogP contribution in [0.2, 0.25) is 5.02 Å². The van der Waals surface area contributed by atoms with Crippen LogP contribution in [0.1, 0.15) is 19.3 Å². The maximum absolute atomic E-state index is 11.7. The molecule has 1 aromatic carbocycles. The minimum atomic E-state index is -0.560. The molecule has 8 heteroatoms. The second-order valence-electron chi connectivity index (χ2n) is 4.19. The van der Waals surface area contributed by atoms with Gasteiger partial charge in [-0.05, 0) is 40.9 Å². The molecule has 0 amide bonds. The minimum absolute atomic E-state index is 0.179. The van der Waals surface area contributed by atoms with Crippen LogP contribution in [0.25, 0.3) is 0 Å². The molecule has 0 spiro atoms. The molecule has 0 saturated carbocycles. The zero-order chi connectivity index (χ0) is 16.5. The summed E-state index contributed by atoms with van der Waals surface area (Å²) in [6.45, 7) is 0. The van der Waals surface area contributed by atoms with Crippen molar-refractivity contribution in [2.24, 2.45) is 5.10 Å². The monoisotopic (exact) mass is 390 g/mol. The molecule has 1 rings (SSSR count). The number of methoxy groups -OCH3 is 2. The first kappa shape index (κ1) is 18.4. The number of esters is 2. The van der Waals surface area contributed by atoms with E-state index in [0.29, 0.717) is 21.6 Å². The topological polar surface area (TPSA) is 77.0 Å². The highest BCUT2D eigenvalue weighted by atomic mass is 79.9. The van der Waals surface area contributed by atoms with Crippen LogP contribution in [0.3, 0.4) is 0 Å². The van der Waals surface area contributed by atoms with E-state index in [1.165, 1.54) is 14.2 Å². The van der Waals surface area contributed by atoms with E-state index in [-0.39, 0.29) is 24.5 Å². The maximum Gasteiger partial charge on any atom is 0.354 e. The van der Waals surface area contributed by atoms with Gasteiger partial charge < -0.3 is 9.47 Å². The molecular formula is C14H16BrClN2O4. The molecule has 0 saturated heterocycles. The highest BCUT2D eigenvalue weighted by molar-refractivity contribution is 9.10. The van der Waals surface area contributed by atoms with Crippen molar-refractivity contribution in [1.82, 2.24) is 0 Å². The van der Waals surface area contributed by atoms with Crippen LogP contribution in [0.5, 0.6) is 0 Å². The Balaban J connectivity index is 2.76.